The third kappa shape index (κ3) is 3.14. The average molecular weight is 299 g/mol. The monoisotopic (exact) mass is 298 g/mol. The van der Waals surface area contributed by atoms with Crippen LogP contribution in [0.2, 0.25) is 0 Å². The fourth-order valence-corrected chi connectivity index (χ4v) is 4.77. The Morgan fingerprint density at radius 2 is 2.00 bits per heavy atom. The lowest BCUT2D eigenvalue weighted by Gasteiger charge is -2.17. The Balaban J connectivity index is 3.14. The molecule has 1 rings (SSSR count). The largest absolute Gasteiger partial charge is 0.369 e. The Hall–Kier alpha value is -0.730. The van der Waals surface area contributed by atoms with E-state index in [9.17, 15) is 18.0 Å². The molecule has 1 aliphatic rings. The molecule has 0 saturated heterocycles. The molecule has 0 aliphatic carbocycles. The first-order chi connectivity index (χ1) is 7.64. The van der Waals surface area contributed by atoms with Crippen LogP contribution in [0.25, 0.3) is 0 Å². The number of hydrogen-bond acceptors (Lipinski definition) is 5. The lowest BCUT2D eigenvalue weighted by atomic mass is 10.0. The van der Waals surface area contributed by atoms with Gasteiger partial charge in [-0.2, -0.15) is 0 Å². The van der Waals surface area contributed by atoms with Gasteiger partial charge >= 0.3 is 0 Å². The van der Waals surface area contributed by atoms with Gasteiger partial charge in [-0.15, -0.1) is 0 Å². The summed E-state index contributed by atoms with van der Waals surface area (Å²) in [5.74, 6) is -1.95. The van der Waals surface area contributed by atoms with Gasteiger partial charge in [-0.3, -0.25) is 9.59 Å². The first-order valence-corrected chi connectivity index (χ1v) is 7.72. The van der Waals surface area contributed by atoms with E-state index in [1.807, 2.05) is 0 Å². The normalized spacial score (nSPS) is 24.9. The van der Waals surface area contributed by atoms with Gasteiger partial charge in [-0.05, 0) is 12.5 Å². The Morgan fingerprint density at radius 1 is 1.47 bits per heavy atom. The van der Waals surface area contributed by atoms with E-state index in [4.69, 9.17) is 16.4 Å². The van der Waals surface area contributed by atoms with Crippen LogP contribution in [-0.4, -0.2) is 25.6 Å². The van der Waals surface area contributed by atoms with E-state index in [1.54, 1.807) is 0 Å². The number of primary amides is 1. The minimum atomic E-state index is -3.93. The van der Waals surface area contributed by atoms with Gasteiger partial charge in [0.15, 0.2) is 0 Å². The third-order valence-electron chi connectivity index (χ3n) is 2.20. The van der Waals surface area contributed by atoms with Crippen LogP contribution < -0.4 is 11.1 Å². The topological polar surface area (TPSA) is 106 Å². The summed E-state index contributed by atoms with van der Waals surface area (Å²) in [6.45, 7) is 2.72. The third-order valence-corrected chi connectivity index (χ3v) is 5.83. The summed E-state index contributed by atoms with van der Waals surface area (Å²) in [7, 11) is 1.30. The molecule has 3 N–H and O–H groups in total. The highest BCUT2D eigenvalue weighted by Gasteiger charge is 2.41. The molecule has 0 radical (unpaired) electrons. The maximum Gasteiger partial charge on any atom is 0.267 e. The van der Waals surface area contributed by atoms with Crippen molar-refractivity contribution in [3.8, 4) is 0 Å². The smallest absolute Gasteiger partial charge is 0.267 e. The number of amides is 2. The van der Waals surface area contributed by atoms with Gasteiger partial charge < -0.3 is 11.1 Å². The molecule has 17 heavy (non-hydrogen) atoms. The minimum absolute atomic E-state index is 0.123. The van der Waals surface area contributed by atoms with Gasteiger partial charge in [0.2, 0.25) is 11.8 Å². The fourth-order valence-electron chi connectivity index (χ4n) is 1.56. The molecule has 0 saturated carbocycles. The van der Waals surface area contributed by atoms with Crippen molar-refractivity contribution < 1.29 is 18.0 Å². The van der Waals surface area contributed by atoms with Gasteiger partial charge in [0, 0.05) is 17.6 Å². The van der Waals surface area contributed by atoms with Crippen molar-refractivity contribution in [2.24, 2.45) is 11.7 Å². The highest BCUT2D eigenvalue weighted by molar-refractivity contribution is 8.29. The fraction of sp³-hybridized carbons (Fsp3) is 0.500. The summed E-state index contributed by atoms with van der Waals surface area (Å²) >= 11 is 0.817. The molecule has 2 atom stereocenters. The molecule has 1 heterocycles. The van der Waals surface area contributed by atoms with E-state index < -0.39 is 26.2 Å². The number of thioether (sulfide) groups is 1. The van der Waals surface area contributed by atoms with E-state index >= 15 is 0 Å². The summed E-state index contributed by atoms with van der Waals surface area (Å²) in [5.41, 5.74) is 5.44. The zero-order chi connectivity index (χ0) is 13.4. The predicted molar refractivity (Wildman–Crippen MR) is 65.4 cm³/mol. The number of carbonyl (C=O) groups is 2. The summed E-state index contributed by atoms with van der Waals surface area (Å²) < 4.78 is 22.4. The van der Waals surface area contributed by atoms with Crippen LogP contribution in [-0.2, 0) is 18.6 Å². The lowest BCUT2D eigenvalue weighted by molar-refractivity contribution is -0.122. The van der Waals surface area contributed by atoms with E-state index in [-0.39, 0.29) is 15.7 Å². The summed E-state index contributed by atoms with van der Waals surface area (Å²) in [5, 5.41) is 1.74. The lowest BCUT2D eigenvalue weighted by Crippen LogP contribution is -2.40. The minimum Gasteiger partial charge on any atom is -0.369 e. The Bertz CT molecular complexity index is 500. The number of rotatable bonds is 3. The average Bonchev–Trinajstić information content (AvgIpc) is 2.40. The molecule has 9 heteroatoms. The van der Waals surface area contributed by atoms with Crippen LogP contribution in [0.15, 0.2) is 9.81 Å². The highest BCUT2D eigenvalue weighted by Crippen LogP contribution is 2.44. The molecule has 6 nitrogen and oxygen atoms in total. The highest BCUT2D eigenvalue weighted by atomic mass is 35.7. The number of nitrogens with two attached hydrogens (primary N) is 1. The molecule has 2 unspecified atom stereocenters. The molecule has 0 spiro atoms. The second-order valence-electron chi connectivity index (χ2n) is 3.53. The van der Waals surface area contributed by atoms with Crippen molar-refractivity contribution in [2.45, 2.75) is 19.2 Å². The second-order valence-corrected chi connectivity index (χ2v) is 7.44. The molecule has 1 aliphatic heterocycles. The Labute approximate surface area is 107 Å². The first-order valence-electron chi connectivity index (χ1n) is 4.53. The Morgan fingerprint density at radius 3 is 2.35 bits per heavy atom. The standard InChI is InChI=1S/C8H11ClN2O4S2/c1-3-5(6(10)13)7(11-4(2)12)16-8(3)17(9,14)15/h5,7H,1-2H3,(H2,10,13)(H,11,12). The van der Waals surface area contributed by atoms with E-state index in [0.29, 0.717) is 0 Å². The van der Waals surface area contributed by atoms with Gasteiger partial charge in [0.05, 0.1) is 11.3 Å². The zero-order valence-electron chi connectivity index (χ0n) is 9.06. The molecule has 2 amide bonds. The van der Waals surface area contributed by atoms with E-state index in [2.05, 4.69) is 5.32 Å². The SMILES string of the molecule is CC(=O)NC1SC(S(=O)(=O)Cl)=C(C)C1C(N)=O. The summed E-state index contributed by atoms with van der Waals surface area (Å²) in [6, 6.07) is 0. The molecule has 96 valence electrons. The van der Waals surface area contributed by atoms with Crippen molar-refractivity contribution in [1.29, 1.82) is 0 Å². The maximum absolute atomic E-state index is 11.3. The number of halogens is 1. The van der Waals surface area contributed by atoms with Crippen molar-refractivity contribution in [2.75, 3.05) is 0 Å². The molecule has 0 bridgehead atoms. The van der Waals surface area contributed by atoms with Crippen LogP contribution in [0, 0.1) is 5.92 Å². The van der Waals surface area contributed by atoms with Crippen LogP contribution in [0.5, 0.6) is 0 Å². The number of nitrogens with one attached hydrogen (secondary N) is 1. The Kier molecular flexibility index (Phi) is 4.11. The molecule has 0 fully saturated rings. The van der Waals surface area contributed by atoms with E-state index in [0.717, 1.165) is 11.8 Å². The molecule has 0 aromatic carbocycles. The van der Waals surface area contributed by atoms with Gasteiger partial charge in [-0.1, -0.05) is 11.8 Å². The van der Waals surface area contributed by atoms with Crippen LogP contribution in [0.3, 0.4) is 0 Å². The quantitative estimate of drug-likeness (QED) is 0.719. The molecular formula is C8H11ClN2O4S2. The van der Waals surface area contributed by atoms with E-state index in [1.165, 1.54) is 13.8 Å². The maximum atomic E-state index is 11.3. The second kappa shape index (κ2) is 4.87. The number of carbonyl (C=O) groups excluding carboxylic acids is 2. The molecular weight excluding hydrogens is 288 g/mol. The van der Waals surface area contributed by atoms with Gasteiger partial charge in [0.25, 0.3) is 9.05 Å². The van der Waals surface area contributed by atoms with Crippen molar-refractivity contribution in [1.82, 2.24) is 5.32 Å². The first kappa shape index (κ1) is 14.3. The van der Waals surface area contributed by atoms with Crippen LogP contribution in [0.1, 0.15) is 13.8 Å². The number of hydrogen-bond donors (Lipinski definition) is 2. The molecule has 0 aromatic heterocycles. The summed E-state index contributed by atoms with van der Waals surface area (Å²) in [6.07, 6.45) is 0. The van der Waals surface area contributed by atoms with Crippen molar-refractivity contribution in [3.05, 3.63) is 9.81 Å². The van der Waals surface area contributed by atoms with Gasteiger partial charge in [-0.25, -0.2) is 8.42 Å². The van der Waals surface area contributed by atoms with Crippen molar-refractivity contribution in [3.63, 3.8) is 0 Å². The van der Waals surface area contributed by atoms with Crippen LogP contribution in [0.4, 0.5) is 0 Å². The van der Waals surface area contributed by atoms with Crippen LogP contribution >= 0.6 is 22.4 Å². The predicted octanol–water partition coefficient (Wildman–Crippen LogP) is 0.0970. The molecule has 0 aromatic rings. The zero-order valence-corrected chi connectivity index (χ0v) is 11.4. The van der Waals surface area contributed by atoms with Crippen molar-refractivity contribution >= 4 is 43.3 Å². The summed E-state index contributed by atoms with van der Waals surface area (Å²) in [4.78, 5) is 22.2. The van der Waals surface area contributed by atoms with Gasteiger partial charge in [0.1, 0.15) is 4.24 Å².